The minimum Gasteiger partial charge on any atom is -0.481 e. The maximum atomic E-state index is 9.00. The standard InChI is InChI=1S/C19H26N4O.C2H4O2/c1-21-17-8-5-6-9-18(17)24-19(21)14-16-10-12-22(15-20-16)11-7-13-23(2,3)4;1-2(3)4/h5-6,8-10,12,14-15H,7,11,13H2,1-4H3;1H3,(H,3,4)/q+2;. The van der Waals surface area contributed by atoms with Crippen LogP contribution in [0, 0.1) is 0 Å². The lowest BCUT2D eigenvalue weighted by Gasteiger charge is -2.23. The number of carboxylic acid groups (broad SMARTS) is 1. The molecule has 0 fully saturated rings. The number of nitrogens with zero attached hydrogens (tertiary/aromatic N) is 4. The molecule has 0 spiro atoms. The van der Waals surface area contributed by atoms with Gasteiger partial charge in [0, 0.05) is 26.5 Å². The first-order valence-electron chi connectivity index (χ1n) is 9.23. The molecule has 0 amide bonds. The summed E-state index contributed by atoms with van der Waals surface area (Å²) in [7, 11) is 8.66. The van der Waals surface area contributed by atoms with Crippen LogP contribution < -0.4 is 14.2 Å². The van der Waals surface area contributed by atoms with Gasteiger partial charge in [0.05, 0.1) is 52.2 Å². The van der Waals surface area contributed by atoms with Crippen LogP contribution in [0.5, 0.6) is 5.75 Å². The van der Waals surface area contributed by atoms with E-state index >= 15 is 0 Å². The van der Waals surface area contributed by atoms with Crippen molar-refractivity contribution in [3.63, 3.8) is 0 Å². The monoisotopic (exact) mass is 386 g/mol. The van der Waals surface area contributed by atoms with Gasteiger partial charge in [-0.25, -0.2) is 4.57 Å². The summed E-state index contributed by atoms with van der Waals surface area (Å²) in [5.74, 6) is 0.851. The molecule has 150 valence electrons. The zero-order chi connectivity index (χ0) is 20.7. The molecule has 7 nitrogen and oxygen atoms in total. The Morgan fingerprint density at radius 1 is 1.29 bits per heavy atom. The third kappa shape index (κ3) is 6.66. The second-order valence-corrected chi connectivity index (χ2v) is 7.72. The highest BCUT2D eigenvalue weighted by Gasteiger charge is 2.22. The highest BCUT2D eigenvalue weighted by molar-refractivity contribution is 5.69. The number of hydrogen-bond acceptors (Lipinski definition) is 4. The number of fused-ring (bicyclic) bond motifs is 1. The molecule has 0 unspecified atom stereocenters. The van der Waals surface area contributed by atoms with Crippen molar-refractivity contribution in [1.29, 1.82) is 0 Å². The van der Waals surface area contributed by atoms with Gasteiger partial charge < -0.3 is 19.2 Å². The molecule has 1 aliphatic heterocycles. The Bertz CT molecular complexity index is 822. The van der Waals surface area contributed by atoms with Crippen LogP contribution in [0.3, 0.4) is 0 Å². The minimum atomic E-state index is -0.833. The van der Waals surface area contributed by atoms with E-state index in [-0.39, 0.29) is 0 Å². The fraction of sp³-hybridized carbons (Fsp3) is 0.381. The van der Waals surface area contributed by atoms with E-state index in [1.165, 1.54) is 0 Å². The van der Waals surface area contributed by atoms with Crippen molar-refractivity contribution in [3.05, 3.63) is 54.4 Å². The number of aromatic nitrogens is 2. The van der Waals surface area contributed by atoms with Crippen LogP contribution in [-0.2, 0) is 11.3 Å². The number of rotatable bonds is 5. The quantitative estimate of drug-likeness (QED) is 0.631. The number of quaternary nitrogens is 1. The molecule has 3 rings (SSSR count). The van der Waals surface area contributed by atoms with Crippen LogP contribution in [-0.4, -0.2) is 55.3 Å². The highest BCUT2D eigenvalue weighted by Crippen LogP contribution is 2.37. The Balaban J connectivity index is 0.000000640. The van der Waals surface area contributed by atoms with E-state index in [1.54, 1.807) is 0 Å². The Hall–Kier alpha value is -2.93. The lowest BCUT2D eigenvalue weighted by atomic mass is 10.3. The molecule has 0 bridgehead atoms. The third-order valence-electron chi connectivity index (χ3n) is 4.08. The molecule has 28 heavy (non-hydrogen) atoms. The molecule has 0 radical (unpaired) electrons. The maximum absolute atomic E-state index is 9.00. The molecule has 2 heterocycles. The summed E-state index contributed by atoms with van der Waals surface area (Å²) in [5, 5.41) is 7.42. The van der Waals surface area contributed by atoms with Crippen LogP contribution in [0.1, 0.15) is 19.0 Å². The number of ether oxygens (including phenoxy) is 1. The van der Waals surface area contributed by atoms with Crippen molar-refractivity contribution in [2.45, 2.75) is 19.9 Å². The Kier molecular flexibility index (Phi) is 7.12. The fourth-order valence-corrected chi connectivity index (χ4v) is 2.71. The van der Waals surface area contributed by atoms with E-state index in [4.69, 9.17) is 14.6 Å². The fourth-order valence-electron chi connectivity index (χ4n) is 2.71. The smallest absolute Gasteiger partial charge is 0.300 e. The van der Waals surface area contributed by atoms with Gasteiger partial charge in [0.2, 0.25) is 5.88 Å². The van der Waals surface area contributed by atoms with Crippen LogP contribution in [0.25, 0.3) is 6.08 Å². The van der Waals surface area contributed by atoms with Gasteiger partial charge in [-0.1, -0.05) is 12.1 Å². The highest BCUT2D eigenvalue weighted by atomic mass is 16.5. The van der Waals surface area contributed by atoms with Crippen LogP contribution >= 0.6 is 0 Å². The molecule has 0 aliphatic carbocycles. The molecular weight excluding hydrogens is 356 g/mol. The summed E-state index contributed by atoms with van der Waals surface area (Å²) in [5.41, 5.74) is 1.97. The number of anilines is 1. The average molecular weight is 386 g/mol. The molecule has 0 saturated heterocycles. The summed E-state index contributed by atoms with van der Waals surface area (Å²) in [6, 6.07) is 10.1. The largest absolute Gasteiger partial charge is 0.481 e. The van der Waals surface area contributed by atoms with Crippen LogP contribution in [0.4, 0.5) is 5.69 Å². The molecule has 7 heteroatoms. The van der Waals surface area contributed by atoms with Gasteiger partial charge in [-0.05, 0) is 17.1 Å². The van der Waals surface area contributed by atoms with E-state index in [2.05, 4.69) is 43.0 Å². The van der Waals surface area contributed by atoms with Gasteiger partial charge in [0.25, 0.3) is 12.3 Å². The normalized spacial score (nSPS) is 14.2. The van der Waals surface area contributed by atoms with Crippen molar-refractivity contribution in [1.82, 2.24) is 4.98 Å². The van der Waals surface area contributed by atoms with Gasteiger partial charge in [-0.2, -0.15) is 0 Å². The summed E-state index contributed by atoms with van der Waals surface area (Å²) < 4.78 is 9.01. The predicted octanol–water partition coefficient (Wildman–Crippen LogP) is 2.38. The van der Waals surface area contributed by atoms with Crippen molar-refractivity contribution in [3.8, 4) is 5.75 Å². The number of hydrogen-bond donors (Lipinski definition) is 1. The second kappa shape index (κ2) is 9.32. The molecule has 2 aromatic rings. The number of aryl methyl sites for hydroxylation is 1. The first-order valence-corrected chi connectivity index (χ1v) is 9.23. The Labute approximate surface area is 166 Å². The van der Waals surface area contributed by atoms with E-state index in [0.29, 0.717) is 0 Å². The van der Waals surface area contributed by atoms with Crippen molar-refractivity contribution < 1.29 is 23.7 Å². The van der Waals surface area contributed by atoms with E-state index in [9.17, 15) is 0 Å². The predicted molar refractivity (Wildman–Crippen MR) is 109 cm³/mol. The Morgan fingerprint density at radius 3 is 2.54 bits per heavy atom. The zero-order valence-corrected chi connectivity index (χ0v) is 17.3. The number of carbonyl (C=O) groups is 1. The molecular formula is C21H30N4O3+2. The van der Waals surface area contributed by atoms with Gasteiger partial charge in [-0.15, -0.1) is 0 Å². The SMILES string of the molecule is CC(=O)O.CN1C(=Cc2cc[n+](CCC[N+](C)(C)C)cn2)Oc2ccccc21. The molecule has 1 aromatic carbocycles. The van der Waals surface area contributed by atoms with Gasteiger partial charge in [0.15, 0.2) is 11.4 Å². The summed E-state index contributed by atoms with van der Waals surface area (Å²) in [6.07, 6.45) is 7.08. The van der Waals surface area contributed by atoms with Gasteiger partial charge >= 0.3 is 0 Å². The number of carboxylic acids is 1. The van der Waals surface area contributed by atoms with Crippen LogP contribution in [0.2, 0.25) is 0 Å². The Morgan fingerprint density at radius 2 is 1.96 bits per heavy atom. The molecule has 0 saturated carbocycles. The average Bonchev–Trinajstić information content (AvgIpc) is 2.91. The molecule has 1 aliphatic rings. The number of benzene rings is 1. The lowest BCUT2D eigenvalue weighted by molar-refractivity contribution is -0.873. The van der Waals surface area contributed by atoms with Crippen LogP contribution in [0.15, 0.2) is 48.7 Å². The van der Waals surface area contributed by atoms with Gasteiger partial charge in [-0.3, -0.25) is 4.79 Å². The maximum Gasteiger partial charge on any atom is 0.300 e. The van der Waals surface area contributed by atoms with Crippen molar-refractivity contribution in [2.24, 2.45) is 0 Å². The van der Waals surface area contributed by atoms with Crippen molar-refractivity contribution >= 4 is 17.7 Å². The van der Waals surface area contributed by atoms with Crippen molar-refractivity contribution in [2.75, 3.05) is 39.6 Å². The first-order chi connectivity index (χ1) is 13.2. The van der Waals surface area contributed by atoms with E-state index < -0.39 is 5.97 Å². The summed E-state index contributed by atoms with van der Waals surface area (Å²) in [6.45, 7) is 3.22. The zero-order valence-electron chi connectivity index (χ0n) is 17.3. The molecule has 0 atom stereocenters. The van der Waals surface area contributed by atoms with E-state index in [1.807, 2.05) is 48.6 Å². The number of para-hydroxylation sites is 2. The summed E-state index contributed by atoms with van der Waals surface area (Å²) in [4.78, 5) is 15.6. The third-order valence-corrected chi connectivity index (χ3v) is 4.08. The minimum absolute atomic E-state index is 0.798. The summed E-state index contributed by atoms with van der Waals surface area (Å²) >= 11 is 0. The lowest BCUT2D eigenvalue weighted by Crippen LogP contribution is -2.40. The molecule has 1 aromatic heterocycles. The topological polar surface area (TPSA) is 66.5 Å². The molecule has 1 N–H and O–H groups in total. The second-order valence-electron chi connectivity index (χ2n) is 7.72. The first kappa shape index (κ1) is 21.4. The van der Waals surface area contributed by atoms with Gasteiger partial charge in [0.1, 0.15) is 0 Å². The number of aliphatic carboxylic acids is 1. The van der Waals surface area contributed by atoms with E-state index in [0.717, 1.165) is 53.9 Å².